The molecule has 1 aromatic heterocycles. The first-order valence-electron chi connectivity index (χ1n) is 8.94. The molecule has 0 bridgehead atoms. The molecule has 0 radical (unpaired) electrons. The van der Waals surface area contributed by atoms with Gasteiger partial charge in [0.2, 0.25) is 0 Å². The maximum Gasteiger partial charge on any atom is 0.250 e. The van der Waals surface area contributed by atoms with Crippen LogP contribution in [0.25, 0.3) is 0 Å². The first-order valence-corrected chi connectivity index (χ1v) is 9.92. The van der Waals surface area contributed by atoms with Gasteiger partial charge in [-0.1, -0.05) is 12.1 Å². The Labute approximate surface area is 158 Å². The molecule has 0 aliphatic carbocycles. The van der Waals surface area contributed by atoms with E-state index in [9.17, 15) is 4.79 Å². The van der Waals surface area contributed by atoms with E-state index in [1.54, 1.807) is 29.5 Å². The Balaban J connectivity index is 1.51. The van der Waals surface area contributed by atoms with Crippen LogP contribution in [0.2, 0.25) is 0 Å². The lowest BCUT2D eigenvalue weighted by atomic mass is 10.2. The normalized spacial score (nSPS) is 17.2. The Hall–Kier alpha value is -1.76. The molecule has 2 heterocycles. The Kier molecular flexibility index (Phi) is 7.17. The van der Waals surface area contributed by atoms with Crippen molar-refractivity contribution in [2.24, 2.45) is 0 Å². The number of pyridine rings is 1. The fraction of sp³-hybridized carbons (Fsp3) is 0.450. The van der Waals surface area contributed by atoms with Crippen molar-refractivity contribution < 1.29 is 14.2 Å². The molecule has 1 aromatic carbocycles. The van der Waals surface area contributed by atoms with Crippen LogP contribution in [-0.2, 0) is 21.8 Å². The second kappa shape index (κ2) is 9.80. The van der Waals surface area contributed by atoms with E-state index >= 15 is 0 Å². The topological polar surface area (TPSA) is 49.7 Å². The molecule has 0 N–H and O–H groups in total. The van der Waals surface area contributed by atoms with Crippen molar-refractivity contribution in [1.29, 1.82) is 0 Å². The molecular formula is C20H25NO4S. The minimum atomic E-state index is -0.118. The van der Waals surface area contributed by atoms with Crippen molar-refractivity contribution in [3.63, 3.8) is 0 Å². The van der Waals surface area contributed by atoms with E-state index in [2.05, 4.69) is 12.1 Å². The summed E-state index contributed by atoms with van der Waals surface area (Å²) in [7, 11) is 1.66. The van der Waals surface area contributed by atoms with E-state index < -0.39 is 0 Å². The van der Waals surface area contributed by atoms with Crippen molar-refractivity contribution in [1.82, 2.24) is 4.57 Å². The Morgan fingerprint density at radius 3 is 2.77 bits per heavy atom. The summed E-state index contributed by atoms with van der Waals surface area (Å²) in [6.07, 6.45) is 4.97. The molecule has 26 heavy (non-hydrogen) atoms. The van der Waals surface area contributed by atoms with Gasteiger partial charge in [0.25, 0.3) is 5.56 Å². The summed E-state index contributed by atoms with van der Waals surface area (Å²) < 4.78 is 18.2. The quantitative estimate of drug-likeness (QED) is 0.659. The average Bonchev–Trinajstić information content (AvgIpc) is 2.69. The number of hydrogen-bond donors (Lipinski definition) is 0. The van der Waals surface area contributed by atoms with Gasteiger partial charge in [0, 0.05) is 36.1 Å². The van der Waals surface area contributed by atoms with Gasteiger partial charge in [0.1, 0.15) is 5.75 Å². The second-order valence-corrected chi connectivity index (χ2v) is 7.25. The van der Waals surface area contributed by atoms with E-state index in [1.165, 1.54) is 5.56 Å². The first-order chi connectivity index (χ1) is 12.7. The van der Waals surface area contributed by atoms with E-state index in [0.717, 1.165) is 42.3 Å². The zero-order chi connectivity index (χ0) is 18.2. The largest absolute Gasteiger partial charge is 0.497 e. The fourth-order valence-corrected chi connectivity index (χ4v) is 3.67. The number of ether oxygens (including phenoxy) is 3. The number of aromatic nitrogens is 1. The van der Waals surface area contributed by atoms with Crippen molar-refractivity contribution in [3.8, 4) is 5.75 Å². The molecule has 1 saturated heterocycles. The molecule has 1 atom stereocenters. The van der Waals surface area contributed by atoms with Crippen LogP contribution in [0, 0.1) is 0 Å². The monoisotopic (exact) mass is 375 g/mol. The van der Waals surface area contributed by atoms with E-state index in [1.807, 2.05) is 24.4 Å². The van der Waals surface area contributed by atoms with Gasteiger partial charge < -0.3 is 18.8 Å². The first kappa shape index (κ1) is 19.0. The predicted octanol–water partition coefficient (Wildman–Crippen LogP) is 3.69. The van der Waals surface area contributed by atoms with Crippen LogP contribution in [0.4, 0.5) is 0 Å². The van der Waals surface area contributed by atoms with Crippen LogP contribution in [-0.4, -0.2) is 31.2 Å². The SMILES string of the molecule is COc1ccc(CSc2ccc(=O)n(CCOC3CCCCO3)c2)cc1. The highest BCUT2D eigenvalue weighted by Gasteiger charge is 2.13. The lowest BCUT2D eigenvalue weighted by Crippen LogP contribution is -2.26. The van der Waals surface area contributed by atoms with Crippen molar-refractivity contribution in [2.75, 3.05) is 20.3 Å². The smallest absolute Gasteiger partial charge is 0.250 e. The highest BCUT2D eigenvalue weighted by Crippen LogP contribution is 2.23. The summed E-state index contributed by atoms with van der Waals surface area (Å²) in [5.41, 5.74) is 1.21. The zero-order valence-electron chi connectivity index (χ0n) is 15.1. The van der Waals surface area contributed by atoms with Crippen LogP contribution in [0.5, 0.6) is 5.75 Å². The van der Waals surface area contributed by atoms with Crippen LogP contribution < -0.4 is 10.3 Å². The predicted molar refractivity (Wildman–Crippen MR) is 103 cm³/mol. The highest BCUT2D eigenvalue weighted by atomic mass is 32.2. The lowest BCUT2D eigenvalue weighted by Gasteiger charge is -2.22. The second-order valence-electron chi connectivity index (χ2n) is 6.20. The maximum absolute atomic E-state index is 12.1. The third-order valence-corrected chi connectivity index (χ3v) is 5.35. The van der Waals surface area contributed by atoms with Gasteiger partial charge >= 0.3 is 0 Å². The van der Waals surface area contributed by atoms with E-state index in [4.69, 9.17) is 14.2 Å². The molecule has 6 heteroatoms. The van der Waals surface area contributed by atoms with Gasteiger partial charge in [-0.05, 0) is 43.0 Å². The van der Waals surface area contributed by atoms with Crippen molar-refractivity contribution in [3.05, 3.63) is 58.5 Å². The summed E-state index contributed by atoms with van der Waals surface area (Å²) in [6, 6.07) is 11.5. The molecule has 0 spiro atoms. The third-order valence-electron chi connectivity index (χ3n) is 4.29. The molecule has 140 valence electrons. The molecule has 0 saturated carbocycles. The Morgan fingerprint density at radius 2 is 2.04 bits per heavy atom. The number of methoxy groups -OCH3 is 1. The molecule has 1 fully saturated rings. The van der Waals surface area contributed by atoms with Crippen LogP contribution in [0.3, 0.4) is 0 Å². The Morgan fingerprint density at radius 1 is 1.19 bits per heavy atom. The minimum Gasteiger partial charge on any atom is -0.497 e. The summed E-state index contributed by atoms with van der Waals surface area (Å²) in [4.78, 5) is 13.1. The Bertz CT molecular complexity index is 738. The number of nitrogens with zero attached hydrogens (tertiary/aromatic N) is 1. The van der Waals surface area contributed by atoms with Crippen LogP contribution in [0.1, 0.15) is 24.8 Å². The molecular weight excluding hydrogens is 350 g/mol. The van der Waals surface area contributed by atoms with Crippen LogP contribution in [0.15, 0.2) is 52.3 Å². The molecule has 2 aromatic rings. The van der Waals surface area contributed by atoms with Gasteiger partial charge in [0.05, 0.1) is 13.7 Å². The maximum atomic E-state index is 12.1. The number of benzene rings is 1. The van der Waals surface area contributed by atoms with Gasteiger partial charge in [-0.2, -0.15) is 0 Å². The number of rotatable bonds is 8. The molecule has 1 unspecified atom stereocenters. The zero-order valence-corrected chi connectivity index (χ0v) is 15.9. The molecule has 1 aliphatic rings. The van der Waals surface area contributed by atoms with Gasteiger partial charge in [-0.15, -0.1) is 11.8 Å². The summed E-state index contributed by atoms with van der Waals surface area (Å²) in [6.45, 7) is 1.79. The molecule has 5 nitrogen and oxygen atoms in total. The van der Waals surface area contributed by atoms with Crippen molar-refractivity contribution in [2.45, 2.75) is 42.7 Å². The minimum absolute atomic E-state index is 0.00744. The summed E-state index contributed by atoms with van der Waals surface area (Å²) in [5.74, 6) is 1.70. The summed E-state index contributed by atoms with van der Waals surface area (Å²) >= 11 is 1.71. The summed E-state index contributed by atoms with van der Waals surface area (Å²) in [5, 5.41) is 0. The van der Waals surface area contributed by atoms with Crippen molar-refractivity contribution >= 4 is 11.8 Å². The third kappa shape index (κ3) is 5.62. The number of hydrogen-bond acceptors (Lipinski definition) is 5. The average molecular weight is 375 g/mol. The number of thioether (sulfide) groups is 1. The lowest BCUT2D eigenvalue weighted by molar-refractivity contribution is -0.163. The fourth-order valence-electron chi connectivity index (χ4n) is 2.78. The van der Waals surface area contributed by atoms with E-state index in [-0.39, 0.29) is 11.8 Å². The molecule has 3 rings (SSSR count). The highest BCUT2D eigenvalue weighted by molar-refractivity contribution is 7.98. The standard InChI is InChI=1S/C20H25NO4S/c1-23-17-7-5-16(6-8-17)15-26-18-9-10-19(22)21(14-18)11-13-25-20-4-2-3-12-24-20/h5-10,14,20H,2-4,11-13,15H2,1H3. The van der Waals surface area contributed by atoms with Gasteiger partial charge in [-0.25, -0.2) is 0 Å². The van der Waals surface area contributed by atoms with Gasteiger partial charge in [-0.3, -0.25) is 4.79 Å². The molecule has 1 aliphatic heterocycles. The van der Waals surface area contributed by atoms with E-state index in [0.29, 0.717) is 13.2 Å². The van der Waals surface area contributed by atoms with Gasteiger partial charge in [0.15, 0.2) is 6.29 Å². The molecule has 0 amide bonds. The van der Waals surface area contributed by atoms with Crippen LogP contribution >= 0.6 is 11.8 Å².